The third-order valence-corrected chi connectivity index (χ3v) is 6.10. The molecule has 0 spiro atoms. The molecule has 0 heterocycles. The van der Waals surface area contributed by atoms with Crippen molar-refractivity contribution >= 4 is 5.97 Å². The highest BCUT2D eigenvalue weighted by molar-refractivity contribution is 5.74. The van der Waals surface area contributed by atoms with Gasteiger partial charge in [0.1, 0.15) is 5.60 Å². The molecule has 0 bridgehead atoms. The van der Waals surface area contributed by atoms with E-state index in [2.05, 4.69) is 79.4 Å². The zero-order valence-corrected chi connectivity index (χ0v) is 20.6. The summed E-state index contributed by atoms with van der Waals surface area (Å²) in [6, 6.07) is 31.3. The van der Waals surface area contributed by atoms with E-state index in [1.165, 1.54) is 11.1 Å². The second kappa shape index (κ2) is 11.3. The summed E-state index contributed by atoms with van der Waals surface area (Å²) in [6.07, 6.45) is 0.643. The molecule has 0 fully saturated rings. The highest BCUT2D eigenvalue weighted by Crippen LogP contribution is 2.30. The molecule has 3 nitrogen and oxygen atoms in total. The fourth-order valence-electron chi connectivity index (χ4n) is 4.28. The lowest BCUT2D eigenvalue weighted by atomic mass is 9.89. The quantitative estimate of drug-likeness (QED) is 0.339. The van der Waals surface area contributed by atoms with E-state index >= 15 is 0 Å². The molecular weight excluding hydrogens is 406 g/mol. The standard InChI is InChI=1S/C30H37NO2/c1-23(27-19-13-8-14-20-27)31(22-26-17-11-7-12-18-26)24(2)28(29(32)33-30(3,4)5)21-25-15-9-6-10-16-25/h6-20,23-24,28H,21-22H2,1-5H3/t23-,24-,28-/m1/s1. The Balaban J connectivity index is 1.96. The summed E-state index contributed by atoms with van der Waals surface area (Å²) in [4.78, 5) is 15.9. The number of ether oxygens (including phenoxy) is 1. The van der Waals surface area contributed by atoms with Crippen molar-refractivity contribution in [3.05, 3.63) is 108 Å². The molecule has 3 rings (SSSR count). The molecule has 0 saturated carbocycles. The van der Waals surface area contributed by atoms with Crippen LogP contribution in [0.2, 0.25) is 0 Å². The maximum absolute atomic E-state index is 13.5. The van der Waals surface area contributed by atoms with Crippen LogP contribution >= 0.6 is 0 Å². The van der Waals surface area contributed by atoms with Gasteiger partial charge in [-0.05, 0) is 57.7 Å². The third-order valence-electron chi connectivity index (χ3n) is 6.10. The van der Waals surface area contributed by atoms with Crippen LogP contribution in [-0.2, 0) is 22.5 Å². The fraction of sp³-hybridized carbons (Fsp3) is 0.367. The topological polar surface area (TPSA) is 29.5 Å². The van der Waals surface area contributed by atoms with Crippen molar-refractivity contribution in [1.29, 1.82) is 0 Å². The molecule has 3 heteroatoms. The third kappa shape index (κ3) is 7.30. The number of carbonyl (C=O) groups excluding carboxylic acids is 1. The number of rotatable bonds is 9. The van der Waals surface area contributed by atoms with E-state index in [4.69, 9.17) is 4.74 Å². The highest BCUT2D eigenvalue weighted by atomic mass is 16.6. The Bertz CT molecular complexity index is 980. The molecule has 0 N–H and O–H groups in total. The van der Waals surface area contributed by atoms with Crippen LogP contribution in [0.3, 0.4) is 0 Å². The van der Waals surface area contributed by atoms with E-state index in [1.54, 1.807) is 0 Å². The van der Waals surface area contributed by atoms with Gasteiger partial charge in [-0.25, -0.2) is 0 Å². The van der Waals surface area contributed by atoms with Crippen LogP contribution in [-0.4, -0.2) is 22.5 Å². The minimum absolute atomic E-state index is 0.0320. The van der Waals surface area contributed by atoms with Crippen molar-refractivity contribution in [3.63, 3.8) is 0 Å². The minimum atomic E-state index is -0.527. The maximum Gasteiger partial charge on any atom is 0.311 e. The minimum Gasteiger partial charge on any atom is -0.460 e. The molecule has 0 saturated heterocycles. The molecule has 174 valence electrons. The van der Waals surface area contributed by atoms with E-state index in [0.717, 1.165) is 12.1 Å². The number of carbonyl (C=O) groups is 1. The van der Waals surface area contributed by atoms with Crippen LogP contribution in [0.1, 0.15) is 57.4 Å². The summed E-state index contributed by atoms with van der Waals surface area (Å²) < 4.78 is 5.91. The molecule has 33 heavy (non-hydrogen) atoms. The van der Waals surface area contributed by atoms with Crippen molar-refractivity contribution in [2.75, 3.05) is 0 Å². The van der Waals surface area contributed by atoms with Gasteiger partial charge in [0, 0.05) is 18.6 Å². The van der Waals surface area contributed by atoms with Gasteiger partial charge >= 0.3 is 5.97 Å². The van der Waals surface area contributed by atoms with Gasteiger partial charge in [0.2, 0.25) is 0 Å². The van der Waals surface area contributed by atoms with Crippen LogP contribution in [0.5, 0.6) is 0 Å². The van der Waals surface area contributed by atoms with Gasteiger partial charge in [-0.3, -0.25) is 9.69 Å². The average Bonchev–Trinajstić information content (AvgIpc) is 2.81. The van der Waals surface area contributed by atoms with Crippen molar-refractivity contribution < 1.29 is 9.53 Å². The monoisotopic (exact) mass is 443 g/mol. The maximum atomic E-state index is 13.5. The van der Waals surface area contributed by atoms with Gasteiger partial charge in [0.15, 0.2) is 0 Å². The predicted octanol–water partition coefficient (Wildman–Crippen LogP) is 6.84. The summed E-state index contributed by atoms with van der Waals surface area (Å²) in [5.74, 6) is -0.432. The number of nitrogens with zero attached hydrogens (tertiary/aromatic N) is 1. The second-order valence-electron chi connectivity index (χ2n) is 9.81. The average molecular weight is 444 g/mol. The number of hydrogen-bond acceptors (Lipinski definition) is 3. The summed E-state index contributed by atoms with van der Waals surface area (Å²) in [6.45, 7) is 11.0. The van der Waals surface area contributed by atoms with Crippen molar-refractivity contribution in [1.82, 2.24) is 4.90 Å². The van der Waals surface area contributed by atoms with E-state index in [1.807, 2.05) is 51.1 Å². The summed E-state index contributed by atoms with van der Waals surface area (Å²) >= 11 is 0. The largest absolute Gasteiger partial charge is 0.460 e. The first kappa shape index (κ1) is 24.7. The molecular formula is C30H37NO2. The SMILES string of the molecule is C[C@H](c1ccccc1)N(Cc1ccccc1)[C@H](C)[C@@H](Cc1ccccc1)C(=O)OC(C)(C)C. The molecule has 0 amide bonds. The zero-order chi connectivity index (χ0) is 23.8. The number of esters is 1. The van der Waals surface area contributed by atoms with Crippen LogP contribution < -0.4 is 0 Å². The lowest BCUT2D eigenvalue weighted by molar-refractivity contribution is -0.162. The first-order valence-corrected chi connectivity index (χ1v) is 11.9. The van der Waals surface area contributed by atoms with E-state index in [9.17, 15) is 4.79 Å². The van der Waals surface area contributed by atoms with E-state index in [0.29, 0.717) is 6.42 Å². The van der Waals surface area contributed by atoms with Crippen molar-refractivity contribution in [3.8, 4) is 0 Å². The van der Waals surface area contributed by atoms with Gasteiger partial charge in [-0.1, -0.05) is 91.0 Å². The number of benzene rings is 3. The van der Waals surface area contributed by atoms with E-state index < -0.39 is 5.60 Å². The van der Waals surface area contributed by atoms with E-state index in [-0.39, 0.29) is 24.0 Å². The van der Waals surface area contributed by atoms with Crippen LogP contribution in [0.25, 0.3) is 0 Å². The Labute approximate surface area is 199 Å². The first-order chi connectivity index (χ1) is 15.7. The van der Waals surface area contributed by atoms with Gasteiger partial charge in [-0.2, -0.15) is 0 Å². The van der Waals surface area contributed by atoms with Crippen molar-refractivity contribution in [2.24, 2.45) is 5.92 Å². The van der Waals surface area contributed by atoms with Crippen LogP contribution in [0, 0.1) is 5.92 Å². The molecule has 3 atom stereocenters. The molecule has 0 unspecified atom stereocenters. The molecule has 0 radical (unpaired) electrons. The molecule has 0 aromatic heterocycles. The van der Waals surface area contributed by atoms with Crippen LogP contribution in [0.4, 0.5) is 0 Å². The lowest BCUT2D eigenvalue weighted by Crippen LogP contribution is -2.45. The summed E-state index contributed by atoms with van der Waals surface area (Å²) in [7, 11) is 0. The van der Waals surface area contributed by atoms with Gasteiger partial charge in [-0.15, -0.1) is 0 Å². The smallest absolute Gasteiger partial charge is 0.311 e. The molecule has 3 aromatic carbocycles. The Morgan fingerprint density at radius 2 is 1.27 bits per heavy atom. The van der Waals surface area contributed by atoms with Gasteiger partial charge < -0.3 is 4.74 Å². The lowest BCUT2D eigenvalue weighted by Gasteiger charge is -2.39. The normalized spacial score (nSPS) is 14.5. The zero-order valence-electron chi connectivity index (χ0n) is 20.6. The van der Waals surface area contributed by atoms with Crippen LogP contribution in [0.15, 0.2) is 91.0 Å². The van der Waals surface area contributed by atoms with Gasteiger partial charge in [0.05, 0.1) is 5.92 Å². The van der Waals surface area contributed by atoms with Gasteiger partial charge in [0.25, 0.3) is 0 Å². The Morgan fingerprint density at radius 3 is 1.79 bits per heavy atom. The second-order valence-corrected chi connectivity index (χ2v) is 9.81. The highest BCUT2D eigenvalue weighted by Gasteiger charge is 2.35. The first-order valence-electron chi connectivity index (χ1n) is 11.9. The Kier molecular flexibility index (Phi) is 8.46. The fourth-order valence-corrected chi connectivity index (χ4v) is 4.28. The number of hydrogen-bond donors (Lipinski definition) is 0. The van der Waals surface area contributed by atoms with Crippen molar-refractivity contribution in [2.45, 2.75) is 65.3 Å². The molecule has 0 aliphatic heterocycles. The summed E-state index contributed by atoms with van der Waals surface area (Å²) in [5.41, 5.74) is 3.09. The Hall–Kier alpha value is -2.91. The molecule has 0 aliphatic carbocycles. The predicted molar refractivity (Wildman–Crippen MR) is 136 cm³/mol. The Morgan fingerprint density at radius 1 is 0.788 bits per heavy atom. The molecule has 3 aromatic rings. The summed E-state index contributed by atoms with van der Waals surface area (Å²) in [5, 5.41) is 0. The molecule has 0 aliphatic rings.